The molecule has 0 aromatic carbocycles. The van der Waals surface area contributed by atoms with Gasteiger partial charge in [0.1, 0.15) is 0 Å². The highest BCUT2D eigenvalue weighted by molar-refractivity contribution is 4.88. The molecule has 2 saturated carbocycles. The maximum absolute atomic E-state index is 5.22. The Morgan fingerprint density at radius 2 is 1.89 bits per heavy atom. The molecule has 2 fully saturated rings. The second kappa shape index (κ2) is 8.26. The van der Waals surface area contributed by atoms with Crippen LogP contribution in [0.2, 0.25) is 0 Å². The zero-order valence-electron chi connectivity index (χ0n) is 13.0. The Balaban J connectivity index is 1.82. The van der Waals surface area contributed by atoms with Crippen LogP contribution in [0.3, 0.4) is 0 Å². The Hall–Kier alpha value is -0.0800. The van der Waals surface area contributed by atoms with E-state index in [0.29, 0.717) is 0 Å². The molecule has 19 heavy (non-hydrogen) atoms. The van der Waals surface area contributed by atoms with Gasteiger partial charge in [-0.3, -0.25) is 0 Å². The van der Waals surface area contributed by atoms with Crippen LogP contribution in [0, 0.1) is 17.8 Å². The Kier molecular flexibility index (Phi) is 6.66. The normalized spacial score (nSPS) is 32.8. The molecule has 2 heteroatoms. The lowest BCUT2D eigenvalue weighted by Gasteiger charge is -2.42. The number of hydrogen-bond donors (Lipinski definition) is 1. The Morgan fingerprint density at radius 3 is 2.63 bits per heavy atom. The van der Waals surface area contributed by atoms with Crippen LogP contribution in [0.25, 0.3) is 0 Å². The summed E-state index contributed by atoms with van der Waals surface area (Å²) >= 11 is 0. The largest absolute Gasteiger partial charge is 0.385 e. The monoisotopic (exact) mass is 267 g/mol. The zero-order valence-corrected chi connectivity index (χ0v) is 13.0. The Labute approximate surface area is 119 Å². The summed E-state index contributed by atoms with van der Waals surface area (Å²) in [5.74, 6) is 3.05. The molecule has 4 unspecified atom stereocenters. The molecule has 0 aliphatic heterocycles. The average Bonchev–Trinajstić information content (AvgIpc) is 2.46. The van der Waals surface area contributed by atoms with E-state index >= 15 is 0 Å². The maximum Gasteiger partial charge on any atom is 0.0462 e. The van der Waals surface area contributed by atoms with Crippen molar-refractivity contribution in [1.82, 2.24) is 5.32 Å². The van der Waals surface area contributed by atoms with Crippen molar-refractivity contribution in [2.75, 3.05) is 20.3 Å². The van der Waals surface area contributed by atoms with Crippen LogP contribution < -0.4 is 5.32 Å². The molecule has 4 atom stereocenters. The second-order valence-corrected chi connectivity index (χ2v) is 6.68. The number of rotatable bonds is 7. The maximum atomic E-state index is 5.22. The lowest BCUT2D eigenvalue weighted by atomic mass is 9.66. The summed E-state index contributed by atoms with van der Waals surface area (Å²) in [5.41, 5.74) is 0. The number of hydrogen-bond acceptors (Lipinski definition) is 2. The van der Waals surface area contributed by atoms with Gasteiger partial charge < -0.3 is 10.1 Å². The first-order valence-electron chi connectivity index (χ1n) is 8.57. The van der Waals surface area contributed by atoms with Gasteiger partial charge in [0.15, 0.2) is 0 Å². The minimum Gasteiger partial charge on any atom is -0.385 e. The average molecular weight is 267 g/mol. The molecule has 0 saturated heterocycles. The molecule has 0 bridgehead atoms. The summed E-state index contributed by atoms with van der Waals surface area (Å²) in [6, 6.07) is 0.739. The lowest BCUT2D eigenvalue weighted by Crippen LogP contribution is -2.41. The number of fused-ring (bicyclic) bond motifs is 1. The number of ether oxygens (including phenoxy) is 1. The third kappa shape index (κ3) is 4.46. The molecular formula is C17H33NO. The fourth-order valence-corrected chi connectivity index (χ4v) is 4.49. The van der Waals surface area contributed by atoms with Crippen LogP contribution in [-0.4, -0.2) is 26.3 Å². The van der Waals surface area contributed by atoms with Gasteiger partial charge in [0.05, 0.1) is 0 Å². The van der Waals surface area contributed by atoms with Crippen molar-refractivity contribution >= 4 is 0 Å². The van der Waals surface area contributed by atoms with E-state index in [2.05, 4.69) is 12.2 Å². The molecule has 0 aromatic heterocycles. The van der Waals surface area contributed by atoms with Crippen molar-refractivity contribution in [3.05, 3.63) is 0 Å². The lowest BCUT2D eigenvalue weighted by molar-refractivity contribution is 0.103. The molecule has 0 radical (unpaired) electrons. The SMILES string of the molecule is CCNC(CCCOC)C1CCC2CCCCC2C1. The minimum atomic E-state index is 0.739. The first-order chi connectivity index (χ1) is 9.35. The molecule has 0 spiro atoms. The first-order valence-corrected chi connectivity index (χ1v) is 8.57. The highest BCUT2D eigenvalue weighted by Gasteiger charge is 2.34. The van der Waals surface area contributed by atoms with Crippen molar-refractivity contribution in [1.29, 1.82) is 0 Å². The van der Waals surface area contributed by atoms with E-state index < -0.39 is 0 Å². The predicted octanol–water partition coefficient (Wildman–Crippen LogP) is 4.00. The molecule has 2 aliphatic carbocycles. The number of methoxy groups -OCH3 is 1. The molecule has 0 heterocycles. The molecule has 2 rings (SSSR count). The summed E-state index contributed by atoms with van der Waals surface area (Å²) in [6.45, 7) is 4.28. The van der Waals surface area contributed by atoms with Crippen LogP contribution in [0.5, 0.6) is 0 Å². The van der Waals surface area contributed by atoms with Gasteiger partial charge >= 0.3 is 0 Å². The van der Waals surface area contributed by atoms with Gasteiger partial charge in [0.2, 0.25) is 0 Å². The Bertz CT molecular complexity index is 243. The van der Waals surface area contributed by atoms with E-state index in [-0.39, 0.29) is 0 Å². The summed E-state index contributed by atoms with van der Waals surface area (Å²) in [6.07, 6.45) is 13.0. The smallest absolute Gasteiger partial charge is 0.0462 e. The van der Waals surface area contributed by atoms with Crippen molar-refractivity contribution in [2.24, 2.45) is 17.8 Å². The molecule has 2 nitrogen and oxygen atoms in total. The van der Waals surface area contributed by atoms with Crippen LogP contribution in [0.4, 0.5) is 0 Å². The van der Waals surface area contributed by atoms with E-state index in [9.17, 15) is 0 Å². The summed E-state index contributed by atoms with van der Waals surface area (Å²) < 4.78 is 5.22. The van der Waals surface area contributed by atoms with Crippen LogP contribution in [-0.2, 0) is 4.74 Å². The van der Waals surface area contributed by atoms with Crippen molar-refractivity contribution in [2.45, 2.75) is 70.8 Å². The van der Waals surface area contributed by atoms with Gasteiger partial charge in [-0.05, 0) is 56.4 Å². The van der Waals surface area contributed by atoms with Crippen molar-refractivity contribution in [3.8, 4) is 0 Å². The van der Waals surface area contributed by atoms with Crippen molar-refractivity contribution < 1.29 is 4.74 Å². The third-order valence-corrected chi connectivity index (χ3v) is 5.48. The second-order valence-electron chi connectivity index (χ2n) is 6.68. The number of nitrogens with one attached hydrogen (secondary N) is 1. The molecule has 112 valence electrons. The van der Waals surface area contributed by atoms with Crippen LogP contribution >= 0.6 is 0 Å². The summed E-state index contributed by atoms with van der Waals surface area (Å²) in [7, 11) is 1.81. The van der Waals surface area contributed by atoms with E-state index in [0.717, 1.165) is 36.9 Å². The van der Waals surface area contributed by atoms with E-state index in [1.54, 1.807) is 0 Å². The first kappa shape index (κ1) is 15.3. The molecule has 2 aliphatic rings. The molecule has 1 N–H and O–H groups in total. The van der Waals surface area contributed by atoms with E-state index in [1.165, 1.54) is 57.8 Å². The summed E-state index contributed by atoms with van der Waals surface area (Å²) in [4.78, 5) is 0. The molecule has 0 amide bonds. The van der Waals surface area contributed by atoms with Gasteiger partial charge in [-0.15, -0.1) is 0 Å². The van der Waals surface area contributed by atoms with Gasteiger partial charge in [0, 0.05) is 19.8 Å². The van der Waals surface area contributed by atoms with Gasteiger partial charge in [-0.1, -0.05) is 32.6 Å². The summed E-state index contributed by atoms with van der Waals surface area (Å²) in [5, 5.41) is 3.75. The predicted molar refractivity (Wildman–Crippen MR) is 81.4 cm³/mol. The van der Waals surface area contributed by atoms with Crippen LogP contribution in [0.1, 0.15) is 64.7 Å². The topological polar surface area (TPSA) is 21.3 Å². The van der Waals surface area contributed by atoms with Gasteiger partial charge in [0.25, 0.3) is 0 Å². The molecule has 0 aromatic rings. The highest BCUT2D eigenvalue weighted by Crippen LogP contribution is 2.43. The Morgan fingerprint density at radius 1 is 1.11 bits per heavy atom. The molecular weight excluding hydrogens is 234 g/mol. The fourth-order valence-electron chi connectivity index (χ4n) is 4.49. The van der Waals surface area contributed by atoms with Gasteiger partial charge in [-0.25, -0.2) is 0 Å². The van der Waals surface area contributed by atoms with E-state index in [4.69, 9.17) is 4.74 Å². The van der Waals surface area contributed by atoms with Gasteiger partial charge in [-0.2, -0.15) is 0 Å². The highest BCUT2D eigenvalue weighted by atomic mass is 16.5. The quantitative estimate of drug-likeness (QED) is 0.704. The minimum absolute atomic E-state index is 0.739. The fraction of sp³-hybridized carbons (Fsp3) is 1.00. The third-order valence-electron chi connectivity index (χ3n) is 5.48. The standard InChI is InChI=1S/C17H33NO/c1-3-18-17(9-6-12-19-2)16-11-10-14-7-4-5-8-15(14)13-16/h14-18H,3-13H2,1-2H3. The van der Waals surface area contributed by atoms with Crippen molar-refractivity contribution in [3.63, 3.8) is 0 Å². The zero-order chi connectivity index (χ0) is 13.5. The van der Waals surface area contributed by atoms with E-state index in [1.807, 2.05) is 7.11 Å². The van der Waals surface area contributed by atoms with Crippen LogP contribution in [0.15, 0.2) is 0 Å².